The fraction of sp³-hybridized carbons (Fsp3) is 0.667. The minimum atomic E-state index is 0. The summed E-state index contributed by atoms with van der Waals surface area (Å²) < 4.78 is 6.09. The van der Waals surface area contributed by atoms with Crippen molar-refractivity contribution in [3.63, 3.8) is 0 Å². The number of hydrogen-bond donors (Lipinski definition) is 2. The second-order valence-corrected chi connectivity index (χ2v) is 9.60. The second-order valence-electron chi connectivity index (χ2n) is 9.60. The molecule has 1 aromatic carbocycles. The third kappa shape index (κ3) is 7.63. The van der Waals surface area contributed by atoms with Crippen LogP contribution in [0.15, 0.2) is 29.3 Å². The van der Waals surface area contributed by atoms with Gasteiger partial charge in [0.2, 0.25) is 5.91 Å². The molecule has 2 unspecified atom stereocenters. The first-order chi connectivity index (χ1) is 14.4. The summed E-state index contributed by atoms with van der Waals surface area (Å²) in [5.74, 6) is 1.58. The lowest BCUT2D eigenvalue weighted by atomic mass is 9.78. The Balaban J connectivity index is 0.00000341. The number of ether oxygens (including phenoxy) is 1. The van der Waals surface area contributed by atoms with Crippen LogP contribution in [0.2, 0.25) is 0 Å². The van der Waals surface area contributed by atoms with Crippen molar-refractivity contribution in [3.8, 4) is 0 Å². The molecule has 3 rings (SSSR count). The van der Waals surface area contributed by atoms with Crippen molar-refractivity contribution in [2.75, 3.05) is 26.7 Å². The van der Waals surface area contributed by atoms with Gasteiger partial charge in [-0.2, -0.15) is 0 Å². The summed E-state index contributed by atoms with van der Waals surface area (Å²) in [7, 11) is 1.81. The Morgan fingerprint density at radius 2 is 1.87 bits per heavy atom. The van der Waals surface area contributed by atoms with E-state index in [0.29, 0.717) is 25.4 Å². The number of halogens is 1. The van der Waals surface area contributed by atoms with E-state index in [4.69, 9.17) is 4.74 Å². The summed E-state index contributed by atoms with van der Waals surface area (Å²) >= 11 is 0. The van der Waals surface area contributed by atoms with Gasteiger partial charge in [0.25, 0.3) is 0 Å². The Labute approximate surface area is 204 Å². The SMILES string of the molecule is CN=C(NCc1ccc(CN2CCCC2=O)cc1)NCC1CCCOC1C(C)(C)C.I. The van der Waals surface area contributed by atoms with Crippen LogP contribution in [0.1, 0.15) is 57.6 Å². The van der Waals surface area contributed by atoms with Crippen LogP contribution < -0.4 is 10.6 Å². The van der Waals surface area contributed by atoms with Crippen LogP contribution in [0.4, 0.5) is 0 Å². The number of hydrogen-bond acceptors (Lipinski definition) is 3. The maximum absolute atomic E-state index is 11.8. The van der Waals surface area contributed by atoms with E-state index in [-0.39, 0.29) is 41.4 Å². The van der Waals surface area contributed by atoms with E-state index in [1.165, 1.54) is 17.5 Å². The smallest absolute Gasteiger partial charge is 0.222 e. The van der Waals surface area contributed by atoms with Crippen LogP contribution in [0.3, 0.4) is 0 Å². The van der Waals surface area contributed by atoms with E-state index in [1.807, 2.05) is 11.9 Å². The molecule has 2 fully saturated rings. The molecule has 2 aliphatic heterocycles. The van der Waals surface area contributed by atoms with Gasteiger partial charge in [-0.1, -0.05) is 45.0 Å². The summed E-state index contributed by atoms with van der Waals surface area (Å²) in [6.45, 7) is 10.8. The molecular weight excluding hydrogens is 503 g/mol. The second kappa shape index (κ2) is 12.0. The topological polar surface area (TPSA) is 66.0 Å². The molecule has 2 heterocycles. The quantitative estimate of drug-likeness (QED) is 0.325. The average molecular weight is 543 g/mol. The van der Waals surface area contributed by atoms with Gasteiger partial charge in [-0.15, -0.1) is 24.0 Å². The molecule has 2 saturated heterocycles. The van der Waals surface area contributed by atoms with Crippen molar-refractivity contribution < 1.29 is 9.53 Å². The number of benzene rings is 1. The maximum Gasteiger partial charge on any atom is 0.222 e. The lowest BCUT2D eigenvalue weighted by Gasteiger charge is -2.40. The Hall–Kier alpha value is -1.35. The number of carbonyl (C=O) groups excluding carboxylic acids is 1. The number of carbonyl (C=O) groups is 1. The van der Waals surface area contributed by atoms with Gasteiger partial charge in [0, 0.05) is 52.2 Å². The first-order valence-electron chi connectivity index (χ1n) is 11.3. The molecule has 2 N–H and O–H groups in total. The summed E-state index contributed by atoms with van der Waals surface area (Å²) in [4.78, 5) is 18.1. The molecule has 2 aliphatic rings. The van der Waals surface area contributed by atoms with E-state index in [2.05, 4.69) is 60.7 Å². The summed E-state index contributed by atoms with van der Waals surface area (Å²) in [5, 5.41) is 6.90. The molecule has 6 nitrogen and oxygen atoms in total. The molecule has 0 aliphatic carbocycles. The molecule has 0 bridgehead atoms. The first kappa shape index (κ1) is 25.9. The molecule has 0 saturated carbocycles. The summed E-state index contributed by atoms with van der Waals surface area (Å²) in [6.07, 6.45) is 4.26. The lowest BCUT2D eigenvalue weighted by Crippen LogP contribution is -2.47. The minimum absolute atomic E-state index is 0. The number of nitrogens with zero attached hydrogens (tertiary/aromatic N) is 2. The summed E-state index contributed by atoms with van der Waals surface area (Å²) in [5.41, 5.74) is 2.52. The van der Waals surface area contributed by atoms with Gasteiger partial charge >= 0.3 is 0 Å². The molecule has 0 radical (unpaired) electrons. The van der Waals surface area contributed by atoms with Crippen molar-refractivity contribution in [2.45, 2.75) is 65.6 Å². The van der Waals surface area contributed by atoms with E-state index in [9.17, 15) is 4.79 Å². The summed E-state index contributed by atoms with van der Waals surface area (Å²) in [6, 6.07) is 8.49. The van der Waals surface area contributed by atoms with Crippen molar-refractivity contribution in [1.29, 1.82) is 0 Å². The number of amides is 1. The lowest BCUT2D eigenvalue weighted by molar-refractivity contribution is -0.128. The molecule has 7 heteroatoms. The van der Waals surface area contributed by atoms with E-state index < -0.39 is 0 Å². The van der Waals surface area contributed by atoms with E-state index in [1.54, 1.807) is 0 Å². The number of rotatable bonds is 6. The molecule has 1 amide bonds. The molecule has 31 heavy (non-hydrogen) atoms. The minimum Gasteiger partial charge on any atom is -0.377 e. The normalized spacial score (nSPS) is 22.3. The van der Waals surface area contributed by atoms with Crippen LogP contribution in [0.5, 0.6) is 0 Å². The highest BCUT2D eigenvalue weighted by Crippen LogP contribution is 2.33. The third-order valence-corrected chi connectivity index (χ3v) is 6.08. The molecule has 0 aromatic heterocycles. The van der Waals surface area contributed by atoms with Gasteiger partial charge in [0.15, 0.2) is 5.96 Å². The highest BCUT2D eigenvalue weighted by atomic mass is 127. The zero-order valence-electron chi connectivity index (χ0n) is 19.4. The van der Waals surface area contributed by atoms with Crippen LogP contribution >= 0.6 is 24.0 Å². The van der Waals surface area contributed by atoms with Gasteiger partial charge in [-0.25, -0.2) is 0 Å². The molecule has 1 aromatic rings. The van der Waals surface area contributed by atoms with E-state index in [0.717, 1.165) is 38.5 Å². The predicted octanol–water partition coefficient (Wildman–Crippen LogP) is 3.93. The fourth-order valence-corrected chi connectivity index (χ4v) is 4.50. The van der Waals surface area contributed by atoms with Crippen molar-refractivity contribution in [1.82, 2.24) is 15.5 Å². The van der Waals surface area contributed by atoms with Gasteiger partial charge in [-0.3, -0.25) is 9.79 Å². The Morgan fingerprint density at radius 3 is 2.48 bits per heavy atom. The van der Waals surface area contributed by atoms with Gasteiger partial charge in [-0.05, 0) is 35.8 Å². The number of nitrogens with one attached hydrogen (secondary N) is 2. The van der Waals surface area contributed by atoms with Crippen LogP contribution in [-0.2, 0) is 22.6 Å². The van der Waals surface area contributed by atoms with Crippen LogP contribution in [0, 0.1) is 11.3 Å². The maximum atomic E-state index is 11.8. The molecule has 174 valence electrons. The Bertz CT molecular complexity index is 730. The van der Waals surface area contributed by atoms with Crippen molar-refractivity contribution in [2.24, 2.45) is 16.3 Å². The van der Waals surface area contributed by atoms with E-state index >= 15 is 0 Å². The largest absolute Gasteiger partial charge is 0.377 e. The predicted molar refractivity (Wildman–Crippen MR) is 137 cm³/mol. The van der Waals surface area contributed by atoms with Gasteiger partial charge in [0.05, 0.1) is 6.10 Å². The zero-order valence-corrected chi connectivity index (χ0v) is 21.8. The Kier molecular flexibility index (Phi) is 10.1. The molecular formula is C24H39IN4O2. The molecule has 0 spiro atoms. The van der Waals surface area contributed by atoms with Crippen LogP contribution in [0.25, 0.3) is 0 Å². The van der Waals surface area contributed by atoms with Crippen molar-refractivity contribution >= 4 is 35.8 Å². The van der Waals surface area contributed by atoms with Crippen molar-refractivity contribution in [3.05, 3.63) is 35.4 Å². The average Bonchev–Trinajstić information content (AvgIpc) is 3.13. The highest BCUT2D eigenvalue weighted by molar-refractivity contribution is 14.0. The third-order valence-electron chi connectivity index (χ3n) is 6.08. The zero-order chi connectivity index (χ0) is 21.6. The Morgan fingerprint density at radius 1 is 1.16 bits per heavy atom. The fourth-order valence-electron chi connectivity index (χ4n) is 4.50. The molecule has 2 atom stereocenters. The standard InChI is InChI=1S/C24H38N4O2.HI/c1-24(2,3)22-20(7-6-14-30-22)16-27-23(25-4)26-15-18-9-11-19(12-10-18)17-28-13-5-8-21(28)29;/h9-12,20,22H,5-8,13-17H2,1-4H3,(H2,25,26,27);1H. The number of aliphatic imine (C=N–C) groups is 1. The number of guanidine groups is 1. The van der Waals surface area contributed by atoms with Crippen LogP contribution in [-0.4, -0.2) is 49.6 Å². The van der Waals surface area contributed by atoms with Gasteiger partial charge < -0.3 is 20.3 Å². The van der Waals surface area contributed by atoms with Gasteiger partial charge in [0.1, 0.15) is 0 Å². The number of likely N-dealkylation sites (tertiary alicyclic amines) is 1. The highest BCUT2D eigenvalue weighted by Gasteiger charge is 2.35. The monoisotopic (exact) mass is 542 g/mol. The first-order valence-corrected chi connectivity index (χ1v) is 11.3.